The molecule has 0 radical (unpaired) electrons. The summed E-state index contributed by atoms with van der Waals surface area (Å²) in [5.74, 6) is 2.94. The van der Waals surface area contributed by atoms with Gasteiger partial charge in [0.15, 0.2) is 11.6 Å². The predicted molar refractivity (Wildman–Crippen MR) is 102 cm³/mol. The highest BCUT2D eigenvalue weighted by Gasteiger charge is 2.21. The highest BCUT2D eigenvalue weighted by atomic mass is 16.5. The lowest BCUT2D eigenvalue weighted by Crippen LogP contribution is -2.46. The average Bonchev–Trinajstić information content (AvgIpc) is 3.01. The van der Waals surface area contributed by atoms with Crippen LogP contribution in [0.25, 0.3) is 0 Å². The van der Waals surface area contributed by atoms with Crippen LogP contribution in [-0.2, 0) is 6.54 Å². The molecule has 2 aromatic heterocycles. The van der Waals surface area contributed by atoms with Crippen LogP contribution in [-0.4, -0.2) is 59.5 Å². The van der Waals surface area contributed by atoms with E-state index in [1.165, 1.54) is 24.8 Å². The molecule has 4 heterocycles. The molecule has 2 saturated heterocycles. The lowest BCUT2D eigenvalue weighted by molar-refractivity contribution is 0.247. The summed E-state index contributed by atoms with van der Waals surface area (Å²) < 4.78 is 5.28. The first-order valence-electron chi connectivity index (χ1n) is 9.68. The Labute approximate surface area is 155 Å². The smallest absolute Gasteiger partial charge is 0.151 e. The normalized spacial score (nSPS) is 19.2. The first kappa shape index (κ1) is 17.3. The van der Waals surface area contributed by atoms with Crippen LogP contribution >= 0.6 is 0 Å². The maximum Gasteiger partial charge on any atom is 0.151 e. The van der Waals surface area contributed by atoms with Crippen LogP contribution in [0.4, 0.5) is 11.6 Å². The monoisotopic (exact) mass is 356 g/mol. The van der Waals surface area contributed by atoms with E-state index >= 15 is 0 Å². The Kier molecular flexibility index (Phi) is 5.06. The summed E-state index contributed by atoms with van der Waals surface area (Å²) in [6.45, 7) is 11.1. The molecule has 4 rings (SSSR count). The highest BCUT2D eigenvalue weighted by molar-refractivity contribution is 5.45. The van der Waals surface area contributed by atoms with Crippen molar-refractivity contribution in [3.63, 3.8) is 0 Å². The van der Waals surface area contributed by atoms with Crippen molar-refractivity contribution >= 4 is 11.6 Å². The summed E-state index contributed by atoms with van der Waals surface area (Å²) in [6.07, 6.45) is 3.85. The third-order valence-electron chi connectivity index (χ3n) is 5.58. The minimum Gasteiger partial charge on any atom is -0.361 e. The summed E-state index contributed by atoms with van der Waals surface area (Å²) >= 11 is 0. The van der Waals surface area contributed by atoms with Crippen molar-refractivity contribution in [2.45, 2.75) is 39.7 Å². The highest BCUT2D eigenvalue weighted by Crippen LogP contribution is 2.21. The Morgan fingerprint density at radius 2 is 1.46 bits per heavy atom. The van der Waals surface area contributed by atoms with E-state index in [9.17, 15) is 0 Å². The van der Waals surface area contributed by atoms with Crippen LogP contribution in [0.2, 0.25) is 0 Å². The number of hydrogen-bond donors (Lipinski definition) is 0. The molecule has 140 valence electrons. The minimum absolute atomic E-state index is 0.911. The third-order valence-corrected chi connectivity index (χ3v) is 5.58. The molecule has 0 amide bonds. The van der Waals surface area contributed by atoms with E-state index in [2.05, 4.69) is 42.2 Å². The molecule has 2 aromatic rings. The first-order chi connectivity index (χ1) is 12.7. The van der Waals surface area contributed by atoms with Gasteiger partial charge in [-0.2, -0.15) is 0 Å². The molecule has 0 N–H and O–H groups in total. The Morgan fingerprint density at radius 1 is 0.846 bits per heavy atom. The molecule has 7 heteroatoms. The second-order valence-electron chi connectivity index (χ2n) is 7.36. The van der Waals surface area contributed by atoms with Gasteiger partial charge in [0.2, 0.25) is 0 Å². The van der Waals surface area contributed by atoms with E-state index in [4.69, 9.17) is 4.52 Å². The van der Waals surface area contributed by atoms with Crippen molar-refractivity contribution in [3.8, 4) is 0 Å². The van der Waals surface area contributed by atoms with Crippen molar-refractivity contribution in [3.05, 3.63) is 29.2 Å². The molecule has 0 bridgehead atoms. The topological polar surface area (TPSA) is 61.5 Å². The van der Waals surface area contributed by atoms with Crippen LogP contribution < -0.4 is 9.80 Å². The zero-order chi connectivity index (χ0) is 17.9. The second-order valence-corrected chi connectivity index (χ2v) is 7.36. The zero-order valence-corrected chi connectivity index (χ0v) is 15.8. The van der Waals surface area contributed by atoms with Crippen molar-refractivity contribution in [2.75, 3.05) is 49.1 Å². The minimum atomic E-state index is 0.911. The fourth-order valence-corrected chi connectivity index (χ4v) is 3.86. The molecular formula is C19H28N6O. The van der Waals surface area contributed by atoms with Crippen LogP contribution in [0, 0.1) is 13.8 Å². The lowest BCUT2D eigenvalue weighted by atomic mass is 10.1. The van der Waals surface area contributed by atoms with Crippen molar-refractivity contribution in [1.29, 1.82) is 0 Å². The fraction of sp³-hybridized carbons (Fsp3) is 0.632. The molecule has 26 heavy (non-hydrogen) atoms. The second kappa shape index (κ2) is 7.61. The Bertz CT molecular complexity index is 695. The average molecular weight is 356 g/mol. The van der Waals surface area contributed by atoms with E-state index in [1.807, 2.05) is 13.8 Å². The summed E-state index contributed by atoms with van der Waals surface area (Å²) in [5, 5.41) is 13.0. The maximum absolute atomic E-state index is 5.28. The van der Waals surface area contributed by atoms with E-state index in [0.717, 1.165) is 68.9 Å². The molecule has 2 fully saturated rings. The maximum atomic E-state index is 5.28. The van der Waals surface area contributed by atoms with Gasteiger partial charge in [-0.25, -0.2) is 0 Å². The van der Waals surface area contributed by atoms with Gasteiger partial charge >= 0.3 is 0 Å². The summed E-state index contributed by atoms with van der Waals surface area (Å²) in [7, 11) is 0. The quantitative estimate of drug-likeness (QED) is 0.833. The number of nitrogens with zero attached hydrogens (tertiary/aromatic N) is 6. The van der Waals surface area contributed by atoms with Crippen molar-refractivity contribution in [1.82, 2.24) is 20.3 Å². The SMILES string of the molecule is Cc1noc(C)c1CN1CCN(c2ccc(N3CCCCC3)nn2)CC1. The van der Waals surface area contributed by atoms with Crippen LogP contribution in [0.5, 0.6) is 0 Å². The number of rotatable bonds is 4. The molecule has 0 unspecified atom stereocenters. The van der Waals surface area contributed by atoms with E-state index in [1.54, 1.807) is 0 Å². The molecule has 0 spiro atoms. The molecule has 0 aliphatic carbocycles. The van der Waals surface area contributed by atoms with E-state index in [-0.39, 0.29) is 0 Å². The number of aromatic nitrogens is 3. The van der Waals surface area contributed by atoms with Crippen LogP contribution in [0.1, 0.15) is 36.3 Å². The largest absolute Gasteiger partial charge is 0.361 e. The van der Waals surface area contributed by atoms with Crippen LogP contribution in [0.3, 0.4) is 0 Å². The number of piperidine rings is 1. The third kappa shape index (κ3) is 3.67. The number of hydrogen-bond acceptors (Lipinski definition) is 7. The van der Waals surface area contributed by atoms with Gasteiger partial charge in [-0.05, 0) is 45.2 Å². The van der Waals surface area contributed by atoms with Gasteiger partial charge in [0.05, 0.1) is 5.69 Å². The van der Waals surface area contributed by atoms with Gasteiger partial charge < -0.3 is 14.3 Å². The molecule has 0 saturated carbocycles. The molecule has 0 aromatic carbocycles. The summed E-state index contributed by atoms with van der Waals surface area (Å²) in [4.78, 5) is 7.14. The van der Waals surface area contributed by atoms with Crippen molar-refractivity contribution in [2.24, 2.45) is 0 Å². The molecular weight excluding hydrogens is 328 g/mol. The number of anilines is 2. The summed E-state index contributed by atoms with van der Waals surface area (Å²) in [6, 6.07) is 4.25. The number of piperazine rings is 1. The lowest BCUT2D eigenvalue weighted by Gasteiger charge is -2.35. The molecule has 0 atom stereocenters. The standard InChI is InChI=1S/C19H28N6O/c1-15-17(16(2)26-22-15)14-23-10-12-25(13-11-23)19-7-6-18(20-21-19)24-8-4-3-5-9-24/h6-7H,3-5,8-14H2,1-2H3. The fourth-order valence-electron chi connectivity index (χ4n) is 3.86. The van der Waals surface area contributed by atoms with Gasteiger partial charge in [-0.15, -0.1) is 10.2 Å². The first-order valence-corrected chi connectivity index (χ1v) is 9.68. The Balaban J connectivity index is 1.33. The van der Waals surface area contributed by atoms with E-state index in [0.29, 0.717) is 0 Å². The van der Waals surface area contributed by atoms with Crippen molar-refractivity contribution < 1.29 is 4.52 Å². The predicted octanol–water partition coefficient (Wildman–Crippen LogP) is 2.39. The number of aryl methyl sites for hydroxylation is 2. The molecule has 2 aliphatic heterocycles. The zero-order valence-electron chi connectivity index (χ0n) is 15.8. The van der Waals surface area contributed by atoms with Gasteiger partial charge in [0.1, 0.15) is 5.76 Å². The Morgan fingerprint density at radius 3 is 2.00 bits per heavy atom. The van der Waals surface area contributed by atoms with Gasteiger partial charge in [-0.1, -0.05) is 5.16 Å². The summed E-state index contributed by atoms with van der Waals surface area (Å²) in [5.41, 5.74) is 2.23. The van der Waals surface area contributed by atoms with E-state index < -0.39 is 0 Å². The van der Waals surface area contributed by atoms with Crippen LogP contribution in [0.15, 0.2) is 16.7 Å². The van der Waals surface area contributed by atoms with Gasteiger partial charge in [0, 0.05) is 51.4 Å². The van der Waals surface area contributed by atoms with Gasteiger partial charge in [0.25, 0.3) is 0 Å². The van der Waals surface area contributed by atoms with Gasteiger partial charge in [-0.3, -0.25) is 4.90 Å². The molecule has 2 aliphatic rings. The Hall–Kier alpha value is -2.15. The molecule has 7 nitrogen and oxygen atoms in total.